The van der Waals surface area contributed by atoms with Crippen molar-refractivity contribution in [2.75, 3.05) is 26.7 Å². The molecule has 24 heavy (non-hydrogen) atoms. The van der Waals surface area contributed by atoms with Gasteiger partial charge in [0.2, 0.25) is 5.91 Å². The average Bonchev–Trinajstić information content (AvgIpc) is 2.90. The maximum atomic E-state index is 12.8. The molecule has 0 radical (unpaired) electrons. The second-order valence-electron chi connectivity index (χ2n) is 6.21. The molecule has 7 nitrogen and oxygen atoms in total. The monoisotopic (exact) mass is 330 g/mol. The van der Waals surface area contributed by atoms with Crippen molar-refractivity contribution >= 4 is 22.8 Å². The van der Waals surface area contributed by atoms with E-state index in [9.17, 15) is 9.59 Å². The highest BCUT2D eigenvalue weighted by atomic mass is 16.5. The first-order valence-electron chi connectivity index (χ1n) is 8.00. The summed E-state index contributed by atoms with van der Waals surface area (Å²) in [5, 5.41) is 2.60. The highest BCUT2D eigenvalue weighted by Gasteiger charge is 2.40. The van der Waals surface area contributed by atoms with Gasteiger partial charge in [-0.05, 0) is 26.0 Å². The SMILES string of the molecule is CNC(=O)C1(C)CN(C(=O)Cn2c(C)nc3ccccc32)CCO1. The predicted molar refractivity (Wildman–Crippen MR) is 89.5 cm³/mol. The third-order valence-electron chi connectivity index (χ3n) is 4.47. The van der Waals surface area contributed by atoms with Crippen molar-refractivity contribution in [2.45, 2.75) is 26.0 Å². The van der Waals surface area contributed by atoms with Crippen molar-refractivity contribution < 1.29 is 14.3 Å². The number of aromatic nitrogens is 2. The molecule has 1 aliphatic heterocycles. The highest BCUT2D eigenvalue weighted by molar-refractivity contribution is 5.86. The number of ether oxygens (including phenoxy) is 1. The lowest BCUT2D eigenvalue weighted by Crippen LogP contribution is -2.59. The van der Waals surface area contributed by atoms with E-state index in [4.69, 9.17) is 4.74 Å². The van der Waals surface area contributed by atoms with E-state index in [0.29, 0.717) is 13.2 Å². The van der Waals surface area contributed by atoms with Crippen LogP contribution in [0.1, 0.15) is 12.7 Å². The van der Waals surface area contributed by atoms with Crippen molar-refractivity contribution in [1.29, 1.82) is 0 Å². The molecular weight excluding hydrogens is 308 g/mol. The molecule has 2 amide bonds. The van der Waals surface area contributed by atoms with Gasteiger partial charge in [-0.2, -0.15) is 0 Å². The Morgan fingerprint density at radius 3 is 2.88 bits per heavy atom. The van der Waals surface area contributed by atoms with E-state index in [2.05, 4.69) is 10.3 Å². The molecule has 0 saturated carbocycles. The zero-order valence-electron chi connectivity index (χ0n) is 14.2. The van der Waals surface area contributed by atoms with Crippen molar-refractivity contribution in [3.05, 3.63) is 30.1 Å². The smallest absolute Gasteiger partial charge is 0.253 e. The summed E-state index contributed by atoms with van der Waals surface area (Å²) >= 11 is 0. The number of imidazole rings is 1. The molecule has 1 N–H and O–H groups in total. The number of benzene rings is 1. The fourth-order valence-corrected chi connectivity index (χ4v) is 3.12. The molecule has 1 atom stereocenters. The van der Waals surface area contributed by atoms with Gasteiger partial charge in [-0.3, -0.25) is 9.59 Å². The number of amides is 2. The minimum absolute atomic E-state index is 0.0420. The van der Waals surface area contributed by atoms with E-state index in [1.54, 1.807) is 18.9 Å². The fourth-order valence-electron chi connectivity index (χ4n) is 3.12. The van der Waals surface area contributed by atoms with Crippen LogP contribution in [0.2, 0.25) is 0 Å². The Morgan fingerprint density at radius 1 is 1.38 bits per heavy atom. The predicted octanol–water partition coefficient (Wildman–Crippen LogP) is 0.708. The zero-order chi connectivity index (χ0) is 17.3. The van der Waals surface area contributed by atoms with Crippen molar-refractivity contribution in [3.8, 4) is 0 Å². The molecule has 0 bridgehead atoms. The normalized spacial score (nSPS) is 21.0. The number of nitrogens with one attached hydrogen (secondary N) is 1. The lowest BCUT2D eigenvalue weighted by atomic mass is 10.0. The molecule has 1 aromatic carbocycles. The summed E-state index contributed by atoms with van der Waals surface area (Å²) < 4.78 is 7.51. The third kappa shape index (κ3) is 2.87. The molecule has 1 fully saturated rings. The number of para-hydroxylation sites is 2. The number of hydrogen-bond donors (Lipinski definition) is 1. The average molecular weight is 330 g/mol. The molecule has 1 unspecified atom stereocenters. The Hall–Kier alpha value is -2.41. The summed E-state index contributed by atoms with van der Waals surface area (Å²) in [6, 6.07) is 7.75. The van der Waals surface area contributed by atoms with Gasteiger partial charge in [0.05, 0.1) is 24.2 Å². The Bertz CT molecular complexity index is 785. The topological polar surface area (TPSA) is 76.5 Å². The van der Waals surface area contributed by atoms with Gasteiger partial charge in [0.1, 0.15) is 12.4 Å². The van der Waals surface area contributed by atoms with Gasteiger partial charge >= 0.3 is 0 Å². The Kier molecular flexibility index (Phi) is 4.28. The van der Waals surface area contributed by atoms with Crippen LogP contribution in [0.3, 0.4) is 0 Å². The summed E-state index contributed by atoms with van der Waals surface area (Å²) in [6.45, 7) is 4.88. The molecule has 2 aromatic rings. The van der Waals surface area contributed by atoms with Gasteiger partial charge in [-0.15, -0.1) is 0 Å². The molecular formula is C17H22N4O3. The summed E-state index contributed by atoms with van der Waals surface area (Å²) in [5.74, 6) is 0.538. The molecule has 1 aliphatic rings. The van der Waals surface area contributed by atoms with Crippen LogP contribution in [0, 0.1) is 6.92 Å². The van der Waals surface area contributed by atoms with Crippen LogP contribution >= 0.6 is 0 Å². The van der Waals surface area contributed by atoms with E-state index < -0.39 is 5.60 Å². The van der Waals surface area contributed by atoms with Crippen LogP contribution in [-0.4, -0.2) is 58.6 Å². The number of likely N-dealkylation sites (N-methyl/N-ethyl adjacent to an activating group) is 1. The van der Waals surface area contributed by atoms with Gasteiger partial charge in [0.25, 0.3) is 5.91 Å². The summed E-state index contributed by atoms with van der Waals surface area (Å²) in [6.07, 6.45) is 0. The summed E-state index contributed by atoms with van der Waals surface area (Å²) in [5.41, 5.74) is 0.806. The lowest BCUT2D eigenvalue weighted by molar-refractivity contribution is -0.162. The minimum Gasteiger partial charge on any atom is -0.362 e. The Labute approximate surface area is 140 Å². The van der Waals surface area contributed by atoms with Crippen LogP contribution < -0.4 is 5.32 Å². The number of aryl methyl sites for hydroxylation is 1. The van der Waals surface area contributed by atoms with Gasteiger partial charge in [-0.25, -0.2) is 4.98 Å². The fraction of sp³-hybridized carbons (Fsp3) is 0.471. The van der Waals surface area contributed by atoms with Crippen LogP contribution in [0.25, 0.3) is 11.0 Å². The quantitative estimate of drug-likeness (QED) is 0.899. The molecule has 3 rings (SSSR count). The second kappa shape index (κ2) is 6.24. The van der Waals surface area contributed by atoms with Crippen molar-refractivity contribution in [3.63, 3.8) is 0 Å². The Balaban J connectivity index is 1.79. The number of carbonyl (C=O) groups is 2. The number of morpholine rings is 1. The number of rotatable bonds is 3. The highest BCUT2D eigenvalue weighted by Crippen LogP contribution is 2.20. The molecule has 128 valence electrons. The van der Waals surface area contributed by atoms with Gasteiger partial charge in [-0.1, -0.05) is 12.1 Å². The van der Waals surface area contributed by atoms with E-state index in [1.807, 2.05) is 35.8 Å². The van der Waals surface area contributed by atoms with Gasteiger partial charge in [0.15, 0.2) is 5.60 Å². The lowest BCUT2D eigenvalue weighted by Gasteiger charge is -2.39. The van der Waals surface area contributed by atoms with Gasteiger partial charge < -0.3 is 19.5 Å². The number of carbonyl (C=O) groups excluding carboxylic acids is 2. The number of hydrogen-bond acceptors (Lipinski definition) is 4. The van der Waals surface area contributed by atoms with Crippen LogP contribution in [0.5, 0.6) is 0 Å². The first kappa shape index (κ1) is 16.4. The van der Waals surface area contributed by atoms with E-state index >= 15 is 0 Å². The van der Waals surface area contributed by atoms with E-state index in [-0.39, 0.29) is 24.9 Å². The number of fused-ring (bicyclic) bond motifs is 1. The maximum absolute atomic E-state index is 12.8. The standard InChI is InChI=1S/C17H22N4O3/c1-12-19-13-6-4-5-7-14(13)21(12)10-15(22)20-8-9-24-17(2,11-20)16(23)18-3/h4-7H,8-11H2,1-3H3,(H,18,23). The molecule has 1 saturated heterocycles. The molecule has 7 heteroatoms. The maximum Gasteiger partial charge on any atom is 0.253 e. The minimum atomic E-state index is -1.01. The first-order valence-corrected chi connectivity index (χ1v) is 8.00. The third-order valence-corrected chi connectivity index (χ3v) is 4.47. The van der Waals surface area contributed by atoms with Crippen molar-refractivity contribution in [1.82, 2.24) is 19.8 Å². The molecule has 2 heterocycles. The second-order valence-corrected chi connectivity index (χ2v) is 6.21. The molecule has 0 aliphatic carbocycles. The first-order chi connectivity index (χ1) is 11.4. The largest absolute Gasteiger partial charge is 0.362 e. The molecule has 1 aromatic heterocycles. The van der Waals surface area contributed by atoms with Crippen molar-refractivity contribution in [2.24, 2.45) is 0 Å². The van der Waals surface area contributed by atoms with Crippen LogP contribution in [0.4, 0.5) is 0 Å². The van der Waals surface area contributed by atoms with E-state index in [1.165, 1.54) is 0 Å². The number of nitrogens with zero attached hydrogens (tertiary/aromatic N) is 3. The van der Waals surface area contributed by atoms with E-state index in [0.717, 1.165) is 16.9 Å². The summed E-state index contributed by atoms with van der Waals surface area (Å²) in [7, 11) is 1.57. The van der Waals surface area contributed by atoms with Crippen LogP contribution in [-0.2, 0) is 20.9 Å². The van der Waals surface area contributed by atoms with Crippen LogP contribution in [0.15, 0.2) is 24.3 Å². The van der Waals surface area contributed by atoms with Gasteiger partial charge in [0, 0.05) is 13.6 Å². The summed E-state index contributed by atoms with van der Waals surface area (Å²) in [4.78, 5) is 30.9. The molecule has 0 spiro atoms. The Morgan fingerprint density at radius 2 is 2.12 bits per heavy atom. The zero-order valence-corrected chi connectivity index (χ0v) is 14.2.